The zero-order chi connectivity index (χ0) is 15.2. The summed E-state index contributed by atoms with van der Waals surface area (Å²) in [4.78, 5) is 24.0. The first-order valence-corrected chi connectivity index (χ1v) is 8.46. The van der Waals surface area contributed by atoms with E-state index in [-0.39, 0.29) is 35.1 Å². The second-order valence-electron chi connectivity index (χ2n) is 8.10. The molecule has 0 aliphatic heterocycles. The van der Waals surface area contributed by atoms with E-state index in [1.807, 2.05) is 0 Å². The minimum absolute atomic E-state index is 0.164. The fraction of sp³-hybridized carbons (Fsp3) is 0.882. The average molecular weight is 292 g/mol. The second-order valence-corrected chi connectivity index (χ2v) is 8.10. The Hall–Kier alpha value is -1.06. The summed E-state index contributed by atoms with van der Waals surface area (Å²) in [5, 5.41) is 6.40. The van der Waals surface area contributed by atoms with Crippen LogP contribution >= 0.6 is 0 Å². The molecule has 0 saturated heterocycles. The van der Waals surface area contributed by atoms with Crippen LogP contribution in [0.2, 0.25) is 0 Å². The molecule has 0 unspecified atom stereocenters. The lowest BCUT2D eigenvalue weighted by atomic mass is 9.80. The van der Waals surface area contributed by atoms with Gasteiger partial charge in [-0.05, 0) is 43.4 Å². The van der Waals surface area contributed by atoms with E-state index < -0.39 is 0 Å². The Morgan fingerprint density at radius 3 is 2.19 bits per heavy atom. The molecule has 3 rings (SSSR count). The minimum Gasteiger partial charge on any atom is -0.355 e. The van der Waals surface area contributed by atoms with Crippen molar-refractivity contribution in [3.63, 3.8) is 0 Å². The highest BCUT2D eigenvalue weighted by atomic mass is 16.2. The number of carbonyl (C=O) groups is 2. The summed E-state index contributed by atoms with van der Waals surface area (Å²) >= 11 is 0. The van der Waals surface area contributed by atoms with Gasteiger partial charge in [0.2, 0.25) is 11.8 Å². The summed E-state index contributed by atoms with van der Waals surface area (Å²) in [5.41, 5.74) is 0.164. The van der Waals surface area contributed by atoms with Gasteiger partial charge in [-0.25, -0.2) is 0 Å². The Morgan fingerprint density at radius 2 is 1.62 bits per heavy atom. The van der Waals surface area contributed by atoms with Crippen LogP contribution in [0.3, 0.4) is 0 Å². The van der Waals surface area contributed by atoms with Gasteiger partial charge in [-0.2, -0.15) is 0 Å². The molecule has 3 aliphatic rings. The largest absolute Gasteiger partial charge is 0.355 e. The first-order valence-electron chi connectivity index (χ1n) is 8.46. The quantitative estimate of drug-likeness (QED) is 0.815. The molecular formula is C17H28N2O2. The summed E-state index contributed by atoms with van der Waals surface area (Å²) in [5.74, 6) is 1.75. The minimum atomic E-state index is 0.164. The van der Waals surface area contributed by atoms with Crippen molar-refractivity contribution < 1.29 is 9.59 Å². The Labute approximate surface area is 127 Å². The van der Waals surface area contributed by atoms with E-state index in [4.69, 9.17) is 0 Å². The van der Waals surface area contributed by atoms with E-state index in [9.17, 15) is 9.59 Å². The lowest BCUT2D eigenvalue weighted by Crippen LogP contribution is -2.47. The van der Waals surface area contributed by atoms with E-state index in [0.717, 1.165) is 32.1 Å². The molecule has 4 heteroatoms. The normalized spacial score (nSPS) is 34.5. The molecule has 0 aromatic heterocycles. The van der Waals surface area contributed by atoms with Gasteiger partial charge in [-0.3, -0.25) is 9.59 Å². The highest BCUT2D eigenvalue weighted by molar-refractivity contribution is 5.81. The third-order valence-corrected chi connectivity index (χ3v) is 5.60. The van der Waals surface area contributed by atoms with Crippen molar-refractivity contribution >= 4 is 11.8 Å². The zero-order valence-electron chi connectivity index (χ0n) is 13.4. The first-order chi connectivity index (χ1) is 9.88. The zero-order valence-corrected chi connectivity index (χ0v) is 13.4. The van der Waals surface area contributed by atoms with E-state index in [0.29, 0.717) is 18.4 Å². The van der Waals surface area contributed by atoms with E-state index >= 15 is 0 Å². The molecular weight excluding hydrogens is 264 g/mol. The van der Waals surface area contributed by atoms with Crippen LogP contribution in [0.5, 0.6) is 0 Å². The summed E-state index contributed by atoms with van der Waals surface area (Å²) in [6, 6.07) is 0.201. The summed E-state index contributed by atoms with van der Waals surface area (Å²) in [6.45, 7) is 7.45. The first kappa shape index (κ1) is 14.9. The number of amides is 2. The highest BCUT2D eigenvalue weighted by Gasteiger charge is 2.48. The predicted octanol–water partition coefficient (Wildman–Crippen LogP) is 2.09. The Bertz CT molecular complexity index is 438. The van der Waals surface area contributed by atoms with Crippen LogP contribution in [-0.4, -0.2) is 24.4 Å². The standard InChI is InChI=1S/C17H28N2O2/c1-10-8-17(2,3)13(9-18-15(20)11-4-5-11)14(10)19-16(21)12-6-7-12/h10-14H,4-9H2,1-3H3,(H,18,20)(H,19,21)/t10-,13+,14-/m1/s1. The van der Waals surface area contributed by atoms with Gasteiger partial charge in [0.05, 0.1) is 0 Å². The van der Waals surface area contributed by atoms with Gasteiger partial charge in [0.15, 0.2) is 0 Å². The highest BCUT2D eigenvalue weighted by Crippen LogP contribution is 2.46. The number of rotatable bonds is 5. The van der Waals surface area contributed by atoms with Crippen LogP contribution in [0.25, 0.3) is 0 Å². The summed E-state index contributed by atoms with van der Waals surface area (Å²) in [6.07, 6.45) is 5.27. The smallest absolute Gasteiger partial charge is 0.223 e. The van der Waals surface area contributed by atoms with Crippen LogP contribution in [0.15, 0.2) is 0 Å². The Morgan fingerprint density at radius 1 is 1.05 bits per heavy atom. The van der Waals surface area contributed by atoms with Crippen molar-refractivity contribution in [2.75, 3.05) is 6.54 Å². The van der Waals surface area contributed by atoms with Gasteiger partial charge in [0.25, 0.3) is 0 Å². The number of carbonyl (C=O) groups excluding carboxylic acids is 2. The van der Waals surface area contributed by atoms with E-state index in [1.165, 1.54) is 0 Å². The van der Waals surface area contributed by atoms with Gasteiger partial charge in [0, 0.05) is 30.3 Å². The molecule has 118 valence electrons. The van der Waals surface area contributed by atoms with E-state index in [2.05, 4.69) is 31.4 Å². The van der Waals surface area contributed by atoms with Crippen molar-refractivity contribution in [3.05, 3.63) is 0 Å². The van der Waals surface area contributed by atoms with Crippen molar-refractivity contribution in [3.8, 4) is 0 Å². The van der Waals surface area contributed by atoms with Crippen molar-refractivity contribution in [2.45, 2.75) is 58.9 Å². The molecule has 0 heterocycles. The van der Waals surface area contributed by atoms with Gasteiger partial charge >= 0.3 is 0 Å². The van der Waals surface area contributed by atoms with Gasteiger partial charge in [-0.15, -0.1) is 0 Å². The lowest BCUT2D eigenvalue weighted by molar-refractivity contribution is -0.123. The van der Waals surface area contributed by atoms with Crippen molar-refractivity contribution in [1.29, 1.82) is 0 Å². The number of hydrogen-bond acceptors (Lipinski definition) is 2. The predicted molar refractivity (Wildman–Crippen MR) is 81.4 cm³/mol. The maximum Gasteiger partial charge on any atom is 0.223 e. The molecule has 3 fully saturated rings. The third kappa shape index (κ3) is 3.24. The van der Waals surface area contributed by atoms with Gasteiger partial charge in [0.1, 0.15) is 0 Å². The Kier molecular flexibility index (Phi) is 3.74. The van der Waals surface area contributed by atoms with E-state index in [1.54, 1.807) is 0 Å². The molecule has 0 spiro atoms. The molecule has 0 radical (unpaired) electrons. The fourth-order valence-corrected chi connectivity index (χ4v) is 3.97. The molecule has 0 aromatic rings. The van der Waals surface area contributed by atoms with Crippen molar-refractivity contribution in [1.82, 2.24) is 10.6 Å². The summed E-state index contributed by atoms with van der Waals surface area (Å²) < 4.78 is 0. The maximum atomic E-state index is 12.1. The van der Waals surface area contributed by atoms with Crippen molar-refractivity contribution in [2.24, 2.45) is 29.1 Å². The molecule has 2 N–H and O–H groups in total. The second kappa shape index (κ2) is 5.29. The van der Waals surface area contributed by atoms with Crippen LogP contribution < -0.4 is 10.6 Å². The van der Waals surface area contributed by atoms with Crippen LogP contribution in [0.1, 0.15) is 52.9 Å². The van der Waals surface area contributed by atoms with Gasteiger partial charge < -0.3 is 10.6 Å². The topological polar surface area (TPSA) is 58.2 Å². The van der Waals surface area contributed by atoms with Gasteiger partial charge in [-0.1, -0.05) is 20.8 Å². The van der Waals surface area contributed by atoms with Crippen LogP contribution in [0.4, 0.5) is 0 Å². The summed E-state index contributed by atoms with van der Waals surface area (Å²) in [7, 11) is 0. The molecule has 4 nitrogen and oxygen atoms in total. The van der Waals surface area contributed by atoms with Crippen LogP contribution in [0, 0.1) is 29.1 Å². The fourth-order valence-electron chi connectivity index (χ4n) is 3.97. The lowest BCUT2D eigenvalue weighted by Gasteiger charge is -2.31. The molecule has 3 saturated carbocycles. The monoisotopic (exact) mass is 292 g/mol. The number of hydrogen-bond donors (Lipinski definition) is 2. The Balaban J connectivity index is 1.62. The van der Waals surface area contributed by atoms with Crippen LogP contribution in [-0.2, 0) is 9.59 Å². The molecule has 2 amide bonds. The molecule has 0 bridgehead atoms. The third-order valence-electron chi connectivity index (χ3n) is 5.60. The average Bonchev–Trinajstić information content (AvgIpc) is 3.28. The number of nitrogens with one attached hydrogen (secondary N) is 2. The molecule has 3 atom stereocenters. The molecule has 0 aromatic carbocycles. The molecule has 21 heavy (non-hydrogen) atoms. The SMILES string of the molecule is C[C@@H]1CC(C)(C)[C@@H](CNC(=O)C2CC2)[C@@H]1NC(=O)C1CC1. The molecule has 3 aliphatic carbocycles. The maximum absolute atomic E-state index is 12.1.